The lowest BCUT2D eigenvalue weighted by atomic mass is 10.0. The zero-order chi connectivity index (χ0) is 25.2. The van der Waals surface area contributed by atoms with Crippen LogP contribution in [0.15, 0.2) is 72.1 Å². The number of para-hydroxylation sites is 2. The second-order valence-corrected chi connectivity index (χ2v) is 10.4. The number of thiophene rings is 1. The number of likely N-dealkylation sites (tertiary alicyclic amines) is 1. The highest BCUT2D eigenvalue weighted by atomic mass is 32.1. The molecule has 1 N–H and O–H groups in total. The predicted octanol–water partition coefficient (Wildman–Crippen LogP) is 5.93. The van der Waals surface area contributed by atoms with E-state index in [2.05, 4.69) is 64.1 Å². The third-order valence-corrected chi connectivity index (χ3v) is 7.95. The Kier molecular flexibility index (Phi) is 9.96. The number of carbonyl (C=O) groups is 1. The van der Waals surface area contributed by atoms with E-state index in [0.717, 1.165) is 63.3 Å². The third kappa shape index (κ3) is 6.96. The average Bonchev–Trinajstić information content (AvgIpc) is 3.47. The van der Waals surface area contributed by atoms with Crippen LogP contribution in [0.4, 0.5) is 5.69 Å². The molecule has 0 saturated carbocycles. The van der Waals surface area contributed by atoms with Gasteiger partial charge in [0.15, 0.2) is 0 Å². The fourth-order valence-corrected chi connectivity index (χ4v) is 5.77. The zero-order valence-electron chi connectivity index (χ0n) is 21.6. The van der Waals surface area contributed by atoms with Crippen LogP contribution >= 0.6 is 11.3 Å². The van der Waals surface area contributed by atoms with Crippen molar-refractivity contribution in [2.75, 3.05) is 38.1 Å². The summed E-state index contributed by atoms with van der Waals surface area (Å²) >= 11 is 1.76. The van der Waals surface area contributed by atoms with Crippen molar-refractivity contribution in [1.29, 1.82) is 0 Å². The summed E-state index contributed by atoms with van der Waals surface area (Å²) in [7, 11) is 1.99. The van der Waals surface area contributed by atoms with Crippen molar-refractivity contribution >= 4 is 22.9 Å². The summed E-state index contributed by atoms with van der Waals surface area (Å²) in [5, 5.41) is 5.37. The molecule has 1 fully saturated rings. The summed E-state index contributed by atoms with van der Waals surface area (Å²) in [4.78, 5) is 18.6. The highest BCUT2D eigenvalue weighted by Crippen LogP contribution is 2.31. The van der Waals surface area contributed by atoms with Crippen LogP contribution in [0.2, 0.25) is 0 Å². The molecule has 1 saturated heterocycles. The molecule has 0 radical (unpaired) electrons. The van der Waals surface area contributed by atoms with Crippen molar-refractivity contribution in [3.63, 3.8) is 0 Å². The first-order chi connectivity index (χ1) is 17.7. The molecule has 36 heavy (non-hydrogen) atoms. The Morgan fingerprint density at radius 2 is 1.83 bits per heavy atom. The minimum absolute atomic E-state index is 0.0643. The smallest absolute Gasteiger partial charge is 0.226 e. The Labute approximate surface area is 220 Å². The van der Waals surface area contributed by atoms with Crippen LogP contribution in [0.1, 0.15) is 49.2 Å². The van der Waals surface area contributed by atoms with Gasteiger partial charge in [-0.2, -0.15) is 0 Å². The standard InChI is InChI=1S/C30H39N3O2S/c1-3-30(34)33(25-11-5-4-6-12-25)26-17-21-32(22-18-26)20-16-24-10-7-8-13-27(24)35-28(15-19-31-2)29-14-9-23-36-29/h4-14,23,26,28,31H,3,15-22H2,1-2H3/t28-/m0/s1. The Morgan fingerprint density at radius 3 is 2.53 bits per heavy atom. The fourth-order valence-electron chi connectivity index (χ4n) is 4.98. The van der Waals surface area contributed by atoms with Gasteiger partial charge in [-0.25, -0.2) is 0 Å². The molecule has 3 aromatic rings. The molecular formula is C30H39N3O2S. The van der Waals surface area contributed by atoms with Gasteiger partial charge in [-0.05, 0) is 68.1 Å². The van der Waals surface area contributed by atoms with E-state index in [1.165, 1.54) is 10.4 Å². The number of ether oxygens (including phenoxy) is 1. The summed E-state index contributed by atoms with van der Waals surface area (Å²) in [5.41, 5.74) is 2.28. The van der Waals surface area contributed by atoms with Gasteiger partial charge in [0.25, 0.3) is 0 Å². The van der Waals surface area contributed by atoms with Crippen LogP contribution in [0.25, 0.3) is 0 Å². The number of piperidine rings is 1. The molecule has 0 spiro atoms. The molecule has 0 unspecified atom stereocenters. The van der Waals surface area contributed by atoms with Gasteiger partial charge in [0.2, 0.25) is 5.91 Å². The van der Waals surface area contributed by atoms with Gasteiger partial charge in [0.1, 0.15) is 11.9 Å². The highest BCUT2D eigenvalue weighted by Gasteiger charge is 2.28. The number of anilines is 1. The van der Waals surface area contributed by atoms with Crippen molar-refractivity contribution in [2.24, 2.45) is 0 Å². The van der Waals surface area contributed by atoms with Crippen molar-refractivity contribution in [3.8, 4) is 5.75 Å². The average molecular weight is 506 g/mol. The van der Waals surface area contributed by atoms with E-state index in [1.807, 2.05) is 37.1 Å². The Balaban J connectivity index is 1.35. The molecule has 1 atom stereocenters. The van der Waals surface area contributed by atoms with Gasteiger partial charge in [-0.3, -0.25) is 4.79 Å². The summed E-state index contributed by atoms with van der Waals surface area (Å²) in [5.74, 6) is 1.20. The molecule has 1 aliphatic heterocycles. The summed E-state index contributed by atoms with van der Waals surface area (Å²) < 4.78 is 6.58. The number of nitrogens with zero attached hydrogens (tertiary/aromatic N) is 2. The molecule has 192 valence electrons. The van der Waals surface area contributed by atoms with Crippen LogP contribution < -0.4 is 15.0 Å². The molecule has 0 bridgehead atoms. The number of amides is 1. The first kappa shape index (κ1) is 26.4. The van der Waals surface area contributed by atoms with Crippen LogP contribution in [-0.2, 0) is 11.2 Å². The molecular weight excluding hydrogens is 466 g/mol. The monoisotopic (exact) mass is 505 g/mol. The third-order valence-electron chi connectivity index (χ3n) is 6.98. The van der Waals surface area contributed by atoms with Crippen LogP contribution in [0.3, 0.4) is 0 Å². The van der Waals surface area contributed by atoms with Crippen molar-refractivity contribution in [2.45, 2.75) is 51.2 Å². The summed E-state index contributed by atoms with van der Waals surface area (Å²) in [6.07, 6.45) is 4.50. The molecule has 6 heteroatoms. The molecule has 2 heterocycles. The summed E-state index contributed by atoms with van der Waals surface area (Å²) in [6, 6.07) is 23.2. The number of nitrogens with one attached hydrogen (secondary N) is 1. The molecule has 4 rings (SSSR count). The van der Waals surface area contributed by atoms with Crippen molar-refractivity contribution in [3.05, 3.63) is 82.6 Å². The van der Waals surface area contributed by atoms with E-state index < -0.39 is 0 Å². The molecule has 0 aliphatic carbocycles. The minimum atomic E-state index is 0.0643. The quantitative estimate of drug-likeness (QED) is 0.331. The number of rotatable bonds is 12. The predicted molar refractivity (Wildman–Crippen MR) is 150 cm³/mol. The normalized spacial score (nSPS) is 15.5. The lowest BCUT2D eigenvalue weighted by molar-refractivity contribution is -0.119. The number of hydrogen-bond acceptors (Lipinski definition) is 5. The first-order valence-corrected chi connectivity index (χ1v) is 14.1. The van der Waals surface area contributed by atoms with Crippen LogP contribution in [0, 0.1) is 0 Å². The maximum atomic E-state index is 12.8. The van der Waals surface area contributed by atoms with Gasteiger partial charge < -0.3 is 19.9 Å². The number of benzene rings is 2. The van der Waals surface area contributed by atoms with Crippen LogP contribution in [0.5, 0.6) is 5.75 Å². The van der Waals surface area contributed by atoms with E-state index in [0.29, 0.717) is 6.42 Å². The number of hydrogen-bond donors (Lipinski definition) is 1. The maximum absolute atomic E-state index is 12.8. The Hall–Kier alpha value is -2.67. The van der Waals surface area contributed by atoms with E-state index >= 15 is 0 Å². The second kappa shape index (κ2) is 13.6. The minimum Gasteiger partial charge on any atom is -0.485 e. The van der Waals surface area contributed by atoms with Gasteiger partial charge in [0, 0.05) is 49.1 Å². The van der Waals surface area contributed by atoms with E-state index in [-0.39, 0.29) is 18.1 Å². The molecule has 1 amide bonds. The summed E-state index contributed by atoms with van der Waals surface area (Å²) in [6.45, 7) is 5.89. The molecule has 5 nitrogen and oxygen atoms in total. The number of carbonyl (C=O) groups excluding carboxylic acids is 1. The van der Waals surface area contributed by atoms with Crippen molar-refractivity contribution < 1.29 is 9.53 Å². The lowest BCUT2D eigenvalue weighted by Gasteiger charge is -2.38. The molecule has 1 aliphatic rings. The van der Waals surface area contributed by atoms with Gasteiger partial charge in [0.05, 0.1) is 0 Å². The zero-order valence-corrected chi connectivity index (χ0v) is 22.4. The van der Waals surface area contributed by atoms with Crippen LogP contribution in [-0.4, -0.2) is 50.1 Å². The van der Waals surface area contributed by atoms with Gasteiger partial charge in [-0.1, -0.05) is 49.4 Å². The second-order valence-electron chi connectivity index (χ2n) is 9.40. The lowest BCUT2D eigenvalue weighted by Crippen LogP contribution is -2.47. The van der Waals surface area contributed by atoms with Gasteiger partial charge >= 0.3 is 0 Å². The fraction of sp³-hybridized carbons (Fsp3) is 0.433. The highest BCUT2D eigenvalue weighted by molar-refractivity contribution is 7.10. The topological polar surface area (TPSA) is 44.8 Å². The Morgan fingerprint density at radius 1 is 1.08 bits per heavy atom. The first-order valence-electron chi connectivity index (χ1n) is 13.2. The van der Waals surface area contributed by atoms with E-state index in [9.17, 15) is 4.79 Å². The molecule has 2 aromatic carbocycles. The van der Waals surface area contributed by atoms with Gasteiger partial charge in [-0.15, -0.1) is 11.3 Å². The maximum Gasteiger partial charge on any atom is 0.226 e. The Bertz CT molecular complexity index is 1050. The largest absolute Gasteiger partial charge is 0.485 e. The SMILES string of the molecule is CCC(=O)N(c1ccccc1)C1CCN(CCc2ccccc2O[C@@H](CCNC)c2cccs2)CC1. The van der Waals surface area contributed by atoms with Crippen molar-refractivity contribution in [1.82, 2.24) is 10.2 Å². The molecule has 1 aromatic heterocycles. The van der Waals surface area contributed by atoms with E-state index in [4.69, 9.17) is 4.74 Å². The van der Waals surface area contributed by atoms with E-state index in [1.54, 1.807) is 11.3 Å².